The molecule has 0 saturated carbocycles. The average molecular weight is 274 g/mol. The lowest BCUT2D eigenvalue weighted by Gasteiger charge is -2.07. The predicted octanol–water partition coefficient (Wildman–Crippen LogP) is 5.77. The maximum absolute atomic E-state index is 5.82. The Labute approximate surface area is 125 Å². The molecule has 0 saturated heterocycles. The molecule has 2 aromatic carbocycles. The van der Waals surface area contributed by atoms with Crippen molar-refractivity contribution in [3.05, 3.63) is 90.0 Å². The van der Waals surface area contributed by atoms with E-state index in [1.54, 1.807) is 0 Å². The van der Waals surface area contributed by atoms with E-state index in [9.17, 15) is 0 Å². The van der Waals surface area contributed by atoms with Crippen molar-refractivity contribution in [3.8, 4) is 11.5 Å². The van der Waals surface area contributed by atoms with Crippen molar-refractivity contribution in [1.29, 1.82) is 0 Å². The summed E-state index contributed by atoms with van der Waals surface area (Å²) in [4.78, 5) is 0. The molecule has 0 heterocycles. The molecule has 1 aliphatic rings. The minimum absolute atomic E-state index is 0.857. The Morgan fingerprint density at radius 2 is 1.57 bits per heavy atom. The van der Waals surface area contributed by atoms with Gasteiger partial charge in [-0.05, 0) is 48.7 Å². The van der Waals surface area contributed by atoms with Gasteiger partial charge in [0.05, 0.1) is 0 Å². The van der Waals surface area contributed by atoms with Gasteiger partial charge >= 0.3 is 0 Å². The van der Waals surface area contributed by atoms with Crippen molar-refractivity contribution in [1.82, 2.24) is 0 Å². The summed E-state index contributed by atoms with van der Waals surface area (Å²) in [6.07, 6.45) is 9.73. The molecule has 0 unspecified atom stereocenters. The fourth-order valence-corrected chi connectivity index (χ4v) is 2.32. The third-order valence-corrected chi connectivity index (χ3v) is 3.42. The van der Waals surface area contributed by atoms with Crippen LogP contribution in [0, 0.1) is 0 Å². The summed E-state index contributed by atoms with van der Waals surface area (Å²) in [6.45, 7) is 2.16. The highest BCUT2D eigenvalue weighted by atomic mass is 16.5. The van der Waals surface area contributed by atoms with E-state index < -0.39 is 0 Å². The summed E-state index contributed by atoms with van der Waals surface area (Å²) in [7, 11) is 0. The van der Waals surface area contributed by atoms with Crippen LogP contribution in [0.1, 0.15) is 18.9 Å². The predicted molar refractivity (Wildman–Crippen MR) is 88.4 cm³/mol. The summed E-state index contributed by atoms with van der Waals surface area (Å²) >= 11 is 0. The Morgan fingerprint density at radius 3 is 2.33 bits per heavy atom. The van der Waals surface area contributed by atoms with Crippen LogP contribution in [-0.4, -0.2) is 0 Å². The lowest BCUT2D eigenvalue weighted by molar-refractivity contribution is 0.482. The Bertz CT molecular complexity index is 688. The summed E-state index contributed by atoms with van der Waals surface area (Å²) < 4.78 is 5.82. The Kier molecular flexibility index (Phi) is 4.02. The van der Waals surface area contributed by atoms with Crippen molar-refractivity contribution < 1.29 is 4.74 Å². The molecule has 2 aromatic rings. The van der Waals surface area contributed by atoms with Gasteiger partial charge in [-0.2, -0.15) is 0 Å². The van der Waals surface area contributed by atoms with Crippen LogP contribution < -0.4 is 4.74 Å². The Balaban J connectivity index is 1.80. The zero-order chi connectivity index (χ0) is 14.5. The lowest BCUT2D eigenvalue weighted by atomic mass is 10.0. The van der Waals surface area contributed by atoms with Gasteiger partial charge in [-0.15, -0.1) is 0 Å². The number of rotatable bonds is 3. The first kappa shape index (κ1) is 13.4. The SMILES string of the molecule is CC1=CC(c2ccc(Oc3ccccc3)cc2)=CC=CC1. The Morgan fingerprint density at radius 1 is 0.857 bits per heavy atom. The van der Waals surface area contributed by atoms with Crippen LogP contribution in [0.5, 0.6) is 11.5 Å². The van der Waals surface area contributed by atoms with Crippen LogP contribution in [0.25, 0.3) is 5.57 Å². The van der Waals surface area contributed by atoms with Crippen LogP contribution >= 0.6 is 0 Å². The van der Waals surface area contributed by atoms with Gasteiger partial charge in [0.1, 0.15) is 11.5 Å². The highest BCUT2D eigenvalue weighted by Crippen LogP contribution is 2.26. The van der Waals surface area contributed by atoms with Crippen LogP contribution in [0.15, 0.2) is 84.5 Å². The van der Waals surface area contributed by atoms with Crippen LogP contribution in [0.2, 0.25) is 0 Å². The lowest BCUT2D eigenvalue weighted by Crippen LogP contribution is -1.86. The van der Waals surface area contributed by atoms with Crippen LogP contribution in [0.4, 0.5) is 0 Å². The standard InChI is InChI=1S/C20H18O/c1-16-7-5-6-8-18(15-16)17-11-13-20(14-12-17)21-19-9-3-2-4-10-19/h2-6,8-15H,7H2,1H3. The molecule has 21 heavy (non-hydrogen) atoms. The second kappa shape index (κ2) is 6.27. The van der Waals surface area contributed by atoms with E-state index in [0.717, 1.165) is 17.9 Å². The molecule has 0 radical (unpaired) electrons. The molecule has 1 nitrogen and oxygen atoms in total. The number of benzene rings is 2. The highest BCUT2D eigenvalue weighted by molar-refractivity contribution is 5.76. The van der Waals surface area contributed by atoms with Gasteiger partial charge in [0, 0.05) is 0 Å². The third-order valence-electron chi connectivity index (χ3n) is 3.42. The van der Waals surface area contributed by atoms with Crippen molar-refractivity contribution in [2.24, 2.45) is 0 Å². The third kappa shape index (κ3) is 3.51. The zero-order valence-electron chi connectivity index (χ0n) is 12.1. The largest absolute Gasteiger partial charge is 0.457 e. The van der Waals surface area contributed by atoms with E-state index in [0.29, 0.717) is 0 Å². The van der Waals surface area contributed by atoms with E-state index in [-0.39, 0.29) is 0 Å². The first-order chi connectivity index (χ1) is 10.3. The van der Waals surface area contributed by atoms with Gasteiger partial charge in [0.25, 0.3) is 0 Å². The number of hydrogen-bond donors (Lipinski definition) is 0. The first-order valence-corrected chi connectivity index (χ1v) is 7.18. The van der Waals surface area contributed by atoms with E-state index in [2.05, 4.69) is 43.4 Å². The smallest absolute Gasteiger partial charge is 0.127 e. The van der Waals surface area contributed by atoms with Gasteiger partial charge in [0.15, 0.2) is 0 Å². The van der Waals surface area contributed by atoms with Crippen LogP contribution in [0.3, 0.4) is 0 Å². The molecule has 0 aliphatic heterocycles. The number of para-hydroxylation sites is 1. The minimum atomic E-state index is 0.857. The van der Waals surface area contributed by atoms with Crippen LogP contribution in [-0.2, 0) is 0 Å². The first-order valence-electron chi connectivity index (χ1n) is 7.18. The molecule has 0 N–H and O–H groups in total. The number of allylic oxidation sites excluding steroid dienone is 6. The number of ether oxygens (including phenoxy) is 1. The molecule has 0 aromatic heterocycles. The summed E-state index contributed by atoms with van der Waals surface area (Å²) in [5.41, 5.74) is 3.83. The summed E-state index contributed by atoms with van der Waals surface area (Å²) in [6, 6.07) is 18.1. The molecular weight excluding hydrogens is 256 g/mol. The van der Waals surface area contributed by atoms with Crippen molar-refractivity contribution in [2.75, 3.05) is 0 Å². The zero-order valence-corrected chi connectivity index (χ0v) is 12.1. The molecule has 1 aliphatic carbocycles. The maximum Gasteiger partial charge on any atom is 0.127 e. The second-order valence-corrected chi connectivity index (χ2v) is 5.18. The summed E-state index contributed by atoms with van der Waals surface area (Å²) in [5, 5.41) is 0. The molecule has 0 bridgehead atoms. The maximum atomic E-state index is 5.82. The van der Waals surface area contributed by atoms with Gasteiger partial charge in [-0.1, -0.05) is 60.2 Å². The van der Waals surface area contributed by atoms with Gasteiger partial charge < -0.3 is 4.74 Å². The molecule has 0 atom stereocenters. The molecular formula is C20H18O. The van der Waals surface area contributed by atoms with E-state index in [1.807, 2.05) is 42.5 Å². The molecule has 0 fully saturated rings. The molecule has 3 rings (SSSR count). The second-order valence-electron chi connectivity index (χ2n) is 5.18. The van der Waals surface area contributed by atoms with E-state index >= 15 is 0 Å². The Hall–Kier alpha value is -2.54. The monoisotopic (exact) mass is 274 g/mol. The molecule has 0 spiro atoms. The fourth-order valence-electron chi connectivity index (χ4n) is 2.32. The summed E-state index contributed by atoms with van der Waals surface area (Å²) in [5.74, 6) is 1.72. The van der Waals surface area contributed by atoms with Crippen molar-refractivity contribution in [2.45, 2.75) is 13.3 Å². The van der Waals surface area contributed by atoms with Gasteiger partial charge in [-0.3, -0.25) is 0 Å². The minimum Gasteiger partial charge on any atom is -0.457 e. The number of hydrogen-bond acceptors (Lipinski definition) is 1. The molecule has 104 valence electrons. The van der Waals surface area contributed by atoms with Gasteiger partial charge in [-0.25, -0.2) is 0 Å². The van der Waals surface area contributed by atoms with Gasteiger partial charge in [0.2, 0.25) is 0 Å². The van der Waals surface area contributed by atoms with E-state index in [1.165, 1.54) is 16.7 Å². The topological polar surface area (TPSA) is 9.23 Å². The fraction of sp³-hybridized carbons (Fsp3) is 0.100. The van der Waals surface area contributed by atoms with E-state index in [4.69, 9.17) is 4.74 Å². The highest BCUT2D eigenvalue weighted by Gasteiger charge is 2.02. The molecule has 1 heteroatoms. The normalized spacial score (nSPS) is 14.1. The van der Waals surface area contributed by atoms with Crippen molar-refractivity contribution in [3.63, 3.8) is 0 Å². The van der Waals surface area contributed by atoms with Crippen molar-refractivity contribution >= 4 is 5.57 Å². The molecule has 0 amide bonds. The average Bonchev–Trinajstić information content (AvgIpc) is 2.74. The quantitative estimate of drug-likeness (QED) is 0.690.